The molecule has 4 aliphatic carbocycles. The number of methoxy groups -OCH3 is 2. The van der Waals surface area contributed by atoms with Crippen LogP contribution in [0.2, 0.25) is 0 Å². The molecule has 5 N–H and O–H groups in total. The van der Waals surface area contributed by atoms with Crippen LogP contribution in [0.1, 0.15) is 89.1 Å². The maximum atomic E-state index is 12.8. The second-order valence-electron chi connectivity index (χ2n) is 17.8. The van der Waals surface area contributed by atoms with Gasteiger partial charge in [-0.15, -0.1) is 0 Å². The lowest BCUT2D eigenvalue weighted by Gasteiger charge is -2.27. The third-order valence-electron chi connectivity index (χ3n) is 14.1. The van der Waals surface area contributed by atoms with E-state index in [1.165, 1.54) is 0 Å². The highest BCUT2D eigenvalue weighted by Gasteiger charge is 2.52. The lowest BCUT2D eigenvalue weighted by atomic mass is 9.96. The van der Waals surface area contributed by atoms with Crippen molar-refractivity contribution in [2.45, 2.75) is 100 Å². The van der Waals surface area contributed by atoms with Crippen molar-refractivity contribution in [1.29, 1.82) is 10.5 Å². The maximum Gasteiger partial charge on any atom is 0.350 e. The zero-order valence-corrected chi connectivity index (χ0v) is 35.0. The van der Waals surface area contributed by atoms with E-state index in [-0.39, 0.29) is 34.4 Å². The molecule has 17 heteroatoms. The van der Waals surface area contributed by atoms with Crippen LogP contribution in [0.25, 0.3) is 21.8 Å². The Morgan fingerprint density at radius 2 is 1.20 bits per heavy atom. The Morgan fingerprint density at radius 3 is 1.66 bits per heavy atom. The van der Waals surface area contributed by atoms with Gasteiger partial charge >= 0.3 is 11.4 Å². The van der Waals surface area contributed by atoms with Crippen molar-refractivity contribution in [3.05, 3.63) is 65.9 Å². The standard InChI is InChI=1S/C22H28N6O3.C22H27N5O3/c1-31-19-17(26-12-7-14(13-26)22(8-9-22)25-11-2-10-23)6-5-16-18(19)27(15-3-4-15)21(30)28(24)20(16)29;1-30-19-17(26-12-7-14(13-26)22(8-9-22)24-11-2-10-23)6-5-16-18(19)27(15-3-4-15)21(29)25-20(16)28/h5-6,14-15,25H,2-4,7-9,11-13,24H2,1H3;5-6,14-15,24H,2-4,7-9,11-13H2,1H3,(H,25,28,29). The van der Waals surface area contributed by atoms with Gasteiger partial charge in [0.15, 0.2) is 11.5 Å². The number of hydrogen-bond donors (Lipinski definition) is 4. The number of nitrogens with two attached hydrogens (primary N) is 1. The van der Waals surface area contributed by atoms with Crippen LogP contribution in [0.4, 0.5) is 11.4 Å². The summed E-state index contributed by atoms with van der Waals surface area (Å²) in [6, 6.07) is 12.0. The van der Waals surface area contributed by atoms with Crippen LogP contribution >= 0.6 is 0 Å². The number of H-pyrrole nitrogens is 1. The fraction of sp³-hybridized carbons (Fsp3) is 0.591. The van der Waals surface area contributed by atoms with Gasteiger partial charge in [0, 0.05) is 75.3 Å². The molecule has 2 saturated heterocycles. The largest absolute Gasteiger partial charge is 0.492 e. The maximum absolute atomic E-state index is 12.8. The van der Waals surface area contributed by atoms with Crippen molar-refractivity contribution in [2.75, 3.05) is 69.1 Å². The van der Waals surface area contributed by atoms with Gasteiger partial charge in [0.2, 0.25) is 0 Å². The topological polar surface area (TPSA) is 221 Å². The van der Waals surface area contributed by atoms with Crippen LogP contribution in [0.15, 0.2) is 43.4 Å². The first-order valence-corrected chi connectivity index (χ1v) is 21.8. The van der Waals surface area contributed by atoms with E-state index in [4.69, 9.17) is 25.8 Å². The fourth-order valence-corrected chi connectivity index (χ4v) is 10.3. The van der Waals surface area contributed by atoms with Gasteiger partial charge in [0.25, 0.3) is 11.1 Å². The molecule has 0 amide bonds. The van der Waals surface area contributed by atoms with Crippen LogP contribution in [0, 0.1) is 34.5 Å². The quantitative estimate of drug-likeness (QED) is 0.106. The second-order valence-corrected chi connectivity index (χ2v) is 17.8. The number of rotatable bonds is 14. The molecule has 4 aromatic rings. The molecule has 10 rings (SSSR count). The van der Waals surface area contributed by atoms with Gasteiger partial charge < -0.3 is 35.7 Å². The van der Waals surface area contributed by atoms with Crippen molar-refractivity contribution in [3.8, 4) is 23.6 Å². The summed E-state index contributed by atoms with van der Waals surface area (Å²) in [6.45, 7) is 5.04. The first kappa shape index (κ1) is 40.6. The Labute approximate surface area is 352 Å². The molecule has 2 unspecified atom stereocenters. The van der Waals surface area contributed by atoms with Gasteiger partial charge in [0.05, 0.1) is 48.5 Å². The van der Waals surface area contributed by atoms with Crippen LogP contribution in [0.5, 0.6) is 11.5 Å². The summed E-state index contributed by atoms with van der Waals surface area (Å²) in [7, 11) is 3.20. The van der Waals surface area contributed by atoms with Crippen LogP contribution in [0.3, 0.4) is 0 Å². The molecule has 0 bridgehead atoms. The Morgan fingerprint density at radius 1 is 0.721 bits per heavy atom. The molecule has 4 heterocycles. The molecule has 2 atom stereocenters. The van der Waals surface area contributed by atoms with Crippen molar-refractivity contribution < 1.29 is 9.47 Å². The fourth-order valence-electron chi connectivity index (χ4n) is 10.3. The Hall–Kier alpha value is -5.78. The lowest BCUT2D eigenvalue weighted by Crippen LogP contribution is -2.44. The molecule has 2 aliphatic heterocycles. The van der Waals surface area contributed by atoms with E-state index in [0.29, 0.717) is 62.7 Å². The molecule has 6 aliphatic rings. The smallest absolute Gasteiger partial charge is 0.350 e. The number of nitriles is 2. The van der Waals surface area contributed by atoms with Crippen molar-refractivity contribution in [2.24, 2.45) is 11.8 Å². The van der Waals surface area contributed by atoms with E-state index in [1.807, 2.05) is 18.2 Å². The summed E-state index contributed by atoms with van der Waals surface area (Å²) in [6.07, 6.45) is 11.4. The Balaban J connectivity index is 0.000000156. The average molecular weight is 834 g/mol. The minimum Gasteiger partial charge on any atom is -0.492 e. The van der Waals surface area contributed by atoms with E-state index in [1.54, 1.807) is 29.4 Å². The Bertz CT molecular complexity index is 2690. The molecular weight excluding hydrogens is 779 g/mol. The molecule has 0 spiro atoms. The molecule has 61 heavy (non-hydrogen) atoms. The van der Waals surface area contributed by atoms with Crippen molar-refractivity contribution in [3.63, 3.8) is 0 Å². The second kappa shape index (κ2) is 15.9. The van der Waals surface area contributed by atoms with Gasteiger partial charge in [-0.25, -0.2) is 9.59 Å². The minimum atomic E-state index is -0.500. The van der Waals surface area contributed by atoms with Crippen LogP contribution in [-0.4, -0.2) is 83.4 Å². The van der Waals surface area contributed by atoms with Gasteiger partial charge in [-0.05, 0) is 100 Å². The summed E-state index contributed by atoms with van der Waals surface area (Å²) in [5, 5.41) is 25.8. The number of nitrogens with zero attached hydrogens (tertiary/aromatic N) is 7. The molecule has 2 aromatic heterocycles. The zero-order chi connectivity index (χ0) is 42.6. The van der Waals surface area contributed by atoms with E-state index >= 15 is 0 Å². The highest BCUT2D eigenvalue weighted by atomic mass is 16.5. The number of nitrogens with one attached hydrogen (secondary N) is 3. The normalized spacial score (nSPS) is 22.1. The van der Waals surface area contributed by atoms with Gasteiger partial charge in [-0.1, -0.05) is 0 Å². The summed E-state index contributed by atoms with van der Waals surface area (Å²) >= 11 is 0. The number of aromatic amines is 1. The number of aromatic nitrogens is 4. The third kappa shape index (κ3) is 7.31. The number of fused-ring (bicyclic) bond motifs is 2. The highest BCUT2D eigenvalue weighted by molar-refractivity contribution is 5.92. The molecule has 4 saturated carbocycles. The third-order valence-corrected chi connectivity index (χ3v) is 14.1. The van der Waals surface area contributed by atoms with Gasteiger partial charge in [-0.3, -0.25) is 23.7 Å². The van der Waals surface area contributed by atoms with Crippen molar-refractivity contribution in [1.82, 2.24) is 29.4 Å². The highest BCUT2D eigenvalue weighted by Crippen LogP contribution is 2.50. The van der Waals surface area contributed by atoms with E-state index in [9.17, 15) is 19.2 Å². The number of anilines is 2. The van der Waals surface area contributed by atoms with Crippen molar-refractivity contribution >= 4 is 33.2 Å². The van der Waals surface area contributed by atoms with E-state index in [2.05, 4.69) is 37.6 Å². The molecule has 322 valence electrons. The monoisotopic (exact) mass is 833 g/mol. The molecule has 2 aromatic carbocycles. The minimum absolute atomic E-state index is 0.0555. The first-order valence-electron chi connectivity index (χ1n) is 21.8. The summed E-state index contributed by atoms with van der Waals surface area (Å²) < 4.78 is 15.7. The predicted molar refractivity (Wildman–Crippen MR) is 232 cm³/mol. The van der Waals surface area contributed by atoms with Crippen LogP contribution < -0.4 is 58.2 Å². The molecule has 0 radical (unpaired) electrons. The molecule has 17 nitrogen and oxygen atoms in total. The molecule has 6 fully saturated rings. The lowest BCUT2D eigenvalue weighted by molar-refractivity contribution is 0.360. The van der Waals surface area contributed by atoms with E-state index in [0.717, 1.165) is 115 Å². The summed E-state index contributed by atoms with van der Waals surface area (Å²) in [4.78, 5) is 57.6. The zero-order valence-electron chi connectivity index (χ0n) is 35.0. The van der Waals surface area contributed by atoms with E-state index < -0.39 is 11.2 Å². The van der Waals surface area contributed by atoms with Gasteiger partial charge in [-0.2, -0.15) is 15.2 Å². The predicted octanol–water partition coefficient (Wildman–Crippen LogP) is 2.98. The summed E-state index contributed by atoms with van der Waals surface area (Å²) in [5.41, 5.74) is 1.60. The SMILES string of the molecule is COc1c(N2CCC(C3(NCCC#N)CC3)C2)ccc2c(=O)[nH]c(=O)n(C3CC3)c12.COc1c(N2CCC(C3(NCCC#N)CC3)C2)ccc2c(=O)n(N)c(=O)n(C3CC3)c12. The number of nitrogen functional groups attached to an aromatic ring is 1. The van der Waals surface area contributed by atoms with Gasteiger partial charge in [0.1, 0.15) is 11.0 Å². The first-order chi connectivity index (χ1) is 29.6. The molecular formula is C44H55N11O6. The Kier molecular flexibility index (Phi) is 10.6. The number of ether oxygens (including phenoxy) is 2. The number of benzene rings is 2. The number of hydrogen-bond acceptors (Lipinski definition) is 13. The summed E-state index contributed by atoms with van der Waals surface area (Å²) in [5.74, 6) is 7.98. The van der Waals surface area contributed by atoms with Crippen LogP contribution in [-0.2, 0) is 0 Å². The average Bonchev–Trinajstić information content (AvgIpc) is 4.09.